The standard InChI is InChI=1S/C10H7ClIN3O/c1-6(16)9-5-15(14-13-9)10-4-7(11)2-3-8(10)12/h2-5H,1H3. The van der Waals surface area contributed by atoms with Gasteiger partial charge in [0.05, 0.1) is 11.9 Å². The lowest BCUT2D eigenvalue weighted by molar-refractivity contribution is 0.101. The van der Waals surface area contributed by atoms with Crippen LogP contribution in [-0.4, -0.2) is 20.8 Å². The molecule has 4 nitrogen and oxygen atoms in total. The molecule has 0 amide bonds. The van der Waals surface area contributed by atoms with Crippen molar-refractivity contribution < 1.29 is 4.79 Å². The van der Waals surface area contributed by atoms with Crippen molar-refractivity contribution in [1.29, 1.82) is 0 Å². The first kappa shape index (κ1) is 11.5. The van der Waals surface area contributed by atoms with Crippen molar-refractivity contribution in [1.82, 2.24) is 15.0 Å². The van der Waals surface area contributed by atoms with Crippen LogP contribution < -0.4 is 0 Å². The Kier molecular flexibility index (Phi) is 3.25. The van der Waals surface area contributed by atoms with Gasteiger partial charge in [-0.2, -0.15) is 0 Å². The molecule has 0 atom stereocenters. The molecule has 0 spiro atoms. The number of ketones is 1. The average Bonchev–Trinajstić information content (AvgIpc) is 2.70. The van der Waals surface area contributed by atoms with Crippen LogP contribution in [0.2, 0.25) is 5.02 Å². The Hall–Kier alpha value is -0.950. The van der Waals surface area contributed by atoms with E-state index in [0.717, 1.165) is 9.26 Å². The summed E-state index contributed by atoms with van der Waals surface area (Å²) in [6, 6.07) is 5.46. The highest BCUT2D eigenvalue weighted by Gasteiger charge is 2.09. The van der Waals surface area contributed by atoms with Gasteiger partial charge in [-0.1, -0.05) is 16.8 Å². The predicted octanol–water partition coefficient (Wildman–Crippen LogP) is 2.73. The lowest BCUT2D eigenvalue weighted by atomic mass is 10.3. The van der Waals surface area contributed by atoms with Crippen molar-refractivity contribution in [3.05, 3.63) is 38.7 Å². The smallest absolute Gasteiger partial charge is 0.181 e. The van der Waals surface area contributed by atoms with Crippen LogP contribution in [0.15, 0.2) is 24.4 Å². The van der Waals surface area contributed by atoms with E-state index in [2.05, 4.69) is 32.9 Å². The molecule has 82 valence electrons. The van der Waals surface area contributed by atoms with Crippen LogP contribution in [-0.2, 0) is 0 Å². The second kappa shape index (κ2) is 4.50. The first-order chi connectivity index (χ1) is 7.58. The Bertz CT molecular complexity index is 553. The zero-order valence-electron chi connectivity index (χ0n) is 8.32. The molecule has 0 radical (unpaired) electrons. The number of halogens is 2. The molecular formula is C10H7ClIN3O. The molecule has 6 heteroatoms. The summed E-state index contributed by atoms with van der Waals surface area (Å²) in [5.74, 6) is -0.108. The fraction of sp³-hybridized carbons (Fsp3) is 0.100. The number of hydrogen-bond donors (Lipinski definition) is 0. The summed E-state index contributed by atoms with van der Waals surface area (Å²) in [5, 5.41) is 8.29. The lowest BCUT2D eigenvalue weighted by Crippen LogP contribution is -1.97. The number of hydrogen-bond acceptors (Lipinski definition) is 3. The van der Waals surface area contributed by atoms with Crippen molar-refractivity contribution in [3.8, 4) is 5.69 Å². The lowest BCUT2D eigenvalue weighted by Gasteiger charge is -2.03. The number of aromatic nitrogens is 3. The van der Waals surface area contributed by atoms with Crippen molar-refractivity contribution in [2.45, 2.75) is 6.92 Å². The summed E-state index contributed by atoms with van der Waals surface area (Å²) in [7, 11) is 0. The Morgan fingerprint density at radius 2 is 2.25 bits per heavy atom. The number of carbonyl (C=O) groups excluding carboxylic acids is 1. The minimum absolute atomic E-state index is 0.108. The molecule has 0 aliphatic rings. The summed E-state index contributed by atoms with van der Waals surface area (Å²) in [6.45, 7) is 1.46. The van der Waals surface area contributed by atoms with Crippen molar-refractivity contribution in [2.75, 3.05) is 0 Å². The monoisotopic (exact) mass is 347 g/mol. The summed E-state index contributed by atoms with van der Waals surface area (Å²) in [5.41, 5.74) is 1.16. The number of carbonyl (C=O) groups is 1. The highest BCUT2D eigenvalue weighted by molar-refractivity contribution is 14.1. The number of nitrogens with zero attached hydrogens (tertiary/aromatic N) is 3. The largest absolute Gasteiger partial charge is 0.293 e. The number of benzene rings is 1. The van der Waals surface area contributed by atoms with Gasteiger partial charge in [-0.15, -0.1) is 5.10 Å². The van der Waals surface area contributed by atoms with Gasteiger partial charge >= 0.3 is 0 Å². The second-order valence-corrected chi connectivity index (χ2v) is 4.80. The van der Waals surface area contributed by atoms with E-state index in [-0.39, 0.29) is 5.78 Å². The van der Waals surface area contributed by atoms with E-state index in [1.54, 1.807) is 23.0 Å². The van der Waals surface area contributed by atoms with Crippen molar-refractivity contribution in [3.63, 3.8) is 0 Å². The van der Waals surface area contributed by atoms with Gasteiger partial charge in [0.15, 0.2) is 5.78 Å². The molecule has 1 aromatic carbocycles. The Morgan fingerprint density at radius 3 is 2.88 bits per heavy atom. The quantitative estimate of drug-likeness (QED) is 0.620. The minimum atomic E-state index is -0.108. The molecule has 0 fully saturated rings. The normalized spacial score (nSPS) is 10.4. The molecular weight excluding hydrogens is 340 g/mol. The summed E-state index contributed by atoms with van der Waals surface area (Å²) in [4.78, 5) is 11.1. The molecule has 1 aromatic heterocycles. The topological polar surface area (TPSA) is 47.8 Å². The Morgan fingerprint density at radius 1 is 1.50 bits per heavy atom. The van der Waals surface area contributed by atoms with E-state index in [9.17, 15) is 4.79 Å². The third kappa shape index (κ3) is 2.25. The van der Waals surface area contributed by atoms with E-state index in [1.165, 1.54) is 6.92 Å². The summed E-state index contributed by atoms with van der Waals surface area (Å²) >= 11 is 8.08. The highest BCUT2D eigenvalue weighted by Crippen LogP contribution is 2.21. The van der Waals surface area contributed by atoms with Gasteiger partial charge in [0, 0.05) is 15.5 Å². The van der Waals surface area contributed by atoms with Gasteiger partial charge in [-0.3, -0.25) is 4.79 Å². The molecule has 0 aliphatic carbocycles. The maximum absolute atomic E-state index is 11.1. The van der Waals surface area contributed by atoms with Crippen molar-refractivity contribution >= 4 is 40.0 Å². The van der Waals surface area contributed by atoms with Crippen LogP contribution in [0.3, 0.4) is 0 Å². The summed E-state index contributed by atoms with van der Waals surface area (Å²) in [6.07, 6.45) is 1.59. The van der Waals surface area contributed by atoms with Crippen molar-refractivity contribution in [2.24, 2.45) is 0 Å². The zero-order chi connectivity index (χ0) is 11.7. The Balaban J connectivity index is 2.50. The minimum Gasteiger partial charge on any atom is -0.293 e. The molecule has 0 aliphatic heterocycles. The van der Waals surface area contributed by atoms with Gasteiger partial charge in [0.1, 0.15) is 5.69 Å². The maximum atomic E-state index is 11.1. The van der Waals surface area contributed by atoms with Gasteiger partial charge in [0.2, 0.25) is 0 Å². The first-order valence-electron chi connectivity index (χ1n) is 4.46. The number of rotatable bonds is 2. The third-order valence-electron chi connectivity index (χ3n) is 2.01. The van der Waals surface area contributed by atoms with E-state index in [0.29, 0.717) is 10.7 Å². The van der Waals surface area contributed by atoms with Crippen LogP contribution in [0.25, 0.3) is 5.69 Å². The molecule has 0 bridgehead atoms. The van der Waals surface area contributed by atoms with Crippen LogP contribution in [0.5, 0.6) is 0 Å². The zero-order valence-corrected chi connectivity index (χ0v) is 11.2. The van der Waals surface area contributed by atoms with Crippen LogP contribution >= 0.6 is 34.2 Å². The molecule has 0 saturated carbocycles. The fourth-order valence-electron chi connectivity index (χ4n) is 1.20. The van der Waals surface area contributed by atoms with E-state index in [4.69, 9.17) is 11.6 Å². The van der Waals surface area contributed by atoms with Crippen LogP contribution in [0.4, 0.5) is 0 Å². The van der Waals surface area contributed by atoms with Gasteiger partial charge < -0.3 is 0 Å². The first-order valence-corrected chi connectivity index (χ1v) is 5.92. The van der Waals surface area contributed by atoms with Crippen LogP contribution in [0, 0.1) is 3.57 Å². The van der Waals surface area contributed by atoms with E-state index >= 15 is 0 Å². The molecule has 0 unspecified atom stereocenters. The number of Topliss-reactive ketones (excluding diaryl/α,β-unsaturated/α-hetero) is 1. The molecule has 0 N–H and O–H groups in total. The molecule has 1 heterocycles. The molecule has 0 saturated heterocycles. The Labute approximate surface area is 111 Å². The molecule has 2 rings (SSSR count). The fourth-order valence-corrected chi connectivity index (χ4v) is 1.95. The van der Waals surface area contributed by atoms with Gasteiger partial charge in [0.25, 0.3) is 0 Å². The van der Waals surface area contributed by atoms with Gasteiger partial charge in [-0.05, 0) is 40.8 Å². The third-order valence-corrected chi connectivity index (χ3v) is 3.16. The van der Waals surface area contributed by atoms with Gasteiger partial charge in [-0.25, -0.2) is 4.68 Å². The SMILES string of the molecule is CC(=O)c1cn(-c2cc(Cl)ccc2I)nn1. The molecule has 16 heavy (non-hydrogen) atoms. The van der Waals surface area contributed by atoms with E-state index < -0.39 is 0 Å². The second-order valence-electron chi connectivity index (χ2n) is 3.20. The van der Waals surface area contributed by atoms with Crippen LogP contribution in [0.1, 0.15) is 17.4 Å². The van der Waals surface area contributed by atoms with E-state index in [1.807, 2.05) is 6.07 Å². The predicted molar refractivity (Wildman–Crippen MR) is 69.1 cm³/mol. The maximum Gasteiger partial charge on any atom is 0.181 e. The highest BCUT2D eigenvalue weighted by atomic mass is 127. The average molecular weight is 348 g/mol. The summed E-state index contributed by atoms with van der Waals surface area (Å²) < 4.78 is 2.53. The molecule has 2 aromatic rings.